The number of fused-ring (bicyclic) bond motifs is 1. The van der Waals surface area contributed by atoms with Crippen LogP contribution in [-0.4, -0.2) is 20.7 Å². The van der Waals surface area contributed by atoms with Gasteiger partial charge in [0.25, 0.3) is 5.91 Å². The van der Waals surface area contributed by atoms with Crippen LogP contribution in [0.2, 0.25) is 0 Å². The van der Waals surface area contributed by atoms with E-state index in [-0.39, 0.29) is 11.7 Å². The zero-order valence-electron chi connectivity index (χ0n) is 13.8. The number of aryl methyl sites for hydroxylation is 1. The molecule has 8 heteroatoms. The minimum atomic E-state index is -0.374. The maximum absolute atomic E-state index is 14.5. The summed E-state index contributed by atoms with van der Waals surface area (Å²) in [6.07, 6.45) is 4.10. The topological polar surface area (TPSA) is 59.8 Å². The molecule has 0 atom stereocenters. The fraction of sp³-hybridized carbons (Fsp3) is 0.278. The molecule has 0 fully saturated rings. The number of carbonyl (C=O) groups excluding carboxylic acids is 1. The Morgan fingerprint density at radius 1 is 1.19 bits per heavy atom. The Morgan fingerprint density at radius 2 is 2.08 bits per heavy atom. The molecule has 0 radical (unpaired) electrons. The minimum absolute atomic E-state index is 0.224. The molecule has 2 aromatic heterocycles. The van der Waals surface area contributed by atoms with Crippen LogP contribution in [0.15, 0.2) is 34.1 Å². The monoisotopic (exact) mass is 434 g/mol. The molecule has 1 aromatic carbocycles. The Hall–Kier alpha value is -2.06. The second-order valence-electron chi connectivity index (χ2n) is 6.15. The van der Waals surface area contributed by atoms with Crippen LogP contribution in [0.1, 0.15) is 34.8 Å². The second kappa shape index (κ2) is 7.28. The molecular weight excluding hydrogens is 419 g/mol. The Bertz CT molecular complexity index is 968. The molecule has 134 valence electrons. The first-order valence-corrected chi connectivity index (χ1v) is 10.0. The van der Waals surface area contributed by atoms with Crippen LogP contribution < -0.4 is 5.32 Å². The molecular formula is C18H16BrFN4OS. The lowest BCUT2D eigenvalue weighted by atomic mass is 10.1. The van der Waals surface area contributed by atoms with Gasteiger partial charge in [0.2, 0.25) is 0 Å². The summed E-state index contributed by atoms with van der Waals surface area (Å²) in [4.78, 5) is 12.9. The molecule has 0 bridgehead atoms. The summed E-state index contributed by atoms with van der Waals surface area (Å²) in [6, 6.07) is 8.10. The third-order valence-electron chi connectivity index (χ3n) is 4.37. The first kappa shape index (κ1) is 17.4. The van der Waals surface area contributed by atoms with Crippen molar-refractivity contribution >= 4 is 38.9 Å². The molecule has 0 aliphatic carbocycles. The van der Waals surface area contributed by atoms with Gasteiger partial charge in [-0.25, -0.2) is 4.39 Å². The molecule has 3 aromatic rings. The van der Waals surface area contributed by atoms with Crippen molar-refractivity contribution in [2.24, 2.45) is 0 Å². The number of halogens is 2. The van der Waals surface area contributed by atoms with Crippen LogP contribution in [0.5, 0.6) is 0 Å². The fourth-order valence-corrected chi connectivity index (χ4v) is 4.37. The van der Waals surface area contributed by atoms with Crippen molar-refractivity contribution in [3.8, 4) is 11.4 Å². The average molecular weight is 435 g/mol. The molecule has 26 heavy (non-hydrogen) atoms. The zero-order valence-corrected chi connectivity index (χ0v) is 16.2. The number of rotatable bonds is 3. The summed E-state index contributed by atoms with van der Waals surface area (Å²) in [5.41, 5.74) is 0.887. The molecule has 0 unspecified atom stereocenters. The fourth-order valence-electron chi connectivity index (χ4n) is 3.09. The molecule has 1 N–H and O–H groups in total. The predicted molar refractivity (Wildman–Crippen MR) is 103 cm³/mol. The highest BCUT2D eigenvalue weighted by atomic mass is 79.9. The molecule has 5 nitrogen and oxygen atoms in total. The lowest BCUT2D eigenvalue weighted by Gasteiger charge is -2.10. The van der Waals surface area contributed by atoms with Crippen molar-refractivity contribution in [3.05, 3.63) is 50.6 Å². The van der Waals surface area contributed by atoms with Gasteiger partial charge >= 0.3 is 0 Å². The zero-order chi connectivity index (χ0) is 18.1. The Balaban J connectivity index is 1.65. The van der Waals surface area contributed by atoms with Gasteiger partial charge in [0.1, 0.15) is 11.6 Å². The van der Waals surface area contributed by atoms with E-state index in [0.29, 0.717) is 22.0 Å². The van der Waals surface area contributed by atoms with E-state index in [1.165, 1.54) is 17.4 Å². The van der Waals surface area contributed by atoms with Crippen LogP contribution in [0.4, 0.5) is 10.1 Å². The summed E-state index contributed by atoms with van der Waals surface area (Å²) >= 11 is 4.69. The lowest BCUT2D eigenvalue weighted by Crippen LogP contribution is -2.10. The second-order valence-corrected chi connectivity index (χ2v) is 8.62. The molecule has 1 amide bonds. The standard InChI is InChI=1S/C18H16BrFN4OS/c19-15-8-7-14(26-15)18(25)21-11-5-6-13(20)12(10-11)17-23-22-16-4-2-1-3-9-24(16)17/h5-8,10H,1-4,9H2,(H,21,25). The van der Waals surface area contributed by atoms with Gasteiger partial charge in [-0.1, -0.05) is 6.42 Å². The number of carbonyl (C=O) groups is 1. The van der Waals surface area contributed by atoms with Crippen LogP contribution in [-0.2, 0) is 13.0 Å². The van der Waals surface area contributed by atoms with E-state index < -0.39 is 0 Å². The molecule has 0 saturated carbocycles. The Kier molecular flexibility index (Phi) is 4.86. The van der Waals surface area contributed by atoms with Gasteiger partial charge in [-0.05, 0) is 59.1 Å². The van der Waals surface area contributed by atoms with Gasteiger partial charge in [-0.2, -0.15) is 0 Å². The molecule has 4 rings (SSSR count). The van der Waals surface area contributed by atoms with E-state index in [4.69, 9.17) is 0 Å². The number of nitrogens with one attached hydrogen (secondary N) is 1. The van der Waals surface area contributed by atoms with Gasteiger partial charge in [0.05, 0.1) is 14.2 Å². The van der Waals surface area contributed by atoms with Crippen LogP contribution in [0.25, 0.3) is 11.4 Å². The van der Waals surface area contributed by atoms with Gasteiger partial charge < -0.3 is 9.88 Å². The summed E-state index contributed by atoms with van der Waals surface area (Å²) in [7, 11) is 0. The first-order chi connectivity index (χ1) is 12.6. The van der Waals surface area contributed by atoms with Crippen molar-refractivity contribution in [1.82, 2.24) is 14.8 Å². The normalized spacial score (nSPS) is 13.9. The number of benzene rings is 1. The summed E-state index contributed by atoms with van der Waals surface area (Å²) in [5.74, 6) is 0.823. The lowest BCUT2D eigenvalue weighted by molar-refractivity contribution is 0.103. The highest BCUT2D eigenvalue weighted by Crippen LogP contribution is 2.28. The van der Waals surface area contributed by atoms with Crippen molar-refractivity contribution in [2.75, 3.05) is 5.32 Å². The number of amides is 1. The Morgan fingerprint density at radius 3 is 2.88 bits per heavy atom. The van der Waals surface area contributed by atoms with Gasteiger partial charge in [0.15, 0.2) is 5.82 Å². The van der Waals surface area contributed by atoms with Crippen LogP contribution in [0.3, 0.4) is 0 Å². The van der Waals surface area contributed by atoms with Crippen LogP contribution >= 0.6 is 27.3 Å². The van der Waals surface area contributed by atoms with Crippen molar-refractivity contribution in [2.45, 2.75) is 32.2 Å². The third-order valence-corrected chi connectivity index (χ3v) is 5.99. The van der Waals surface area contributed by atoms with E-state index in [1.807, 2.05) is 10.6 Å². The van der Waals surface area contributed by atoms with Crippen molar-refractivity contribution in [3.63, 3.8) is 0 Å². The Labute approximate surface area is 162 Å². The predicted octanol–water partition coefficient (Wildman–Crippen LogP) is 4.89. The van der Waals surface area contributed by atoms with E-state index >= 15 is 0 Å². The van der Waals surface area contributed by atoms with Crippen LogP contribution in [0, 0.1) is 5.82 Å². The highest BCUT2D eigenvalue weighted by molar-refractivity contribution is 9.11. The van der Waals surface area contributed by atoms with E-state index in [2.05, 4.69) is 31.4 Å². The number of aromatic nitrogens is 3. The minimum Gasteiger partial charge on any atom is -0.321 e. The number of hydrogen-bond acceptors (Lipinski definition) is 4. The number of nitrogens with zero attached hydrogens (tertiary/aromatic N) is 3. The highest BCUT2D eigenvalue weighted by Gasteiger charge is 2.19. The van der Waals surface area contributed by atoms with Crippen molar-refractivity contribution in [1.29, 1.82) is 0 Å². The van der Waals surface area contributed by atoms with E-state index in [1.54, 1.807) is 18.2 Å². The van der Waals surface area contributed by atoms with Gasteiger partial charge in [0, 0.05) is 18.7 Å². The smallest absolute Gasteiger partial charge is 0.265 e. The van der Waals surface area contributed by atoms with Gasteiger partial charge in [-0.3, -0.25) is 4.79 Å². The maximum Gasteiger partial charge on any atom is 0.265 e. The summed E-state index contributed by atoms with van der Waals surface area (Å²) in [6.45, 7) is 0.789. The largest absolute Gasteiger partial charge is 0.321 e. The summed E-state index contributed by atoms with van der Waals surface area (Å²) < 4.78 is 17.3. The third kappa shape index (κ3) is 3.43. The SMILES string of the molecule is O=C(Nc1ccc(F)c(-c2nnc3n2CCCCC3)c1)c1ccc(Br)s1. The maximum atomic E-state index is 14.5. The number of thiophene rings is 1. The number of hydrogen-bond donors (Lipinski definition) is 1. The quantitative estimate of drug-likeness (QED) is 0.638. The summed E-state index contributed by atoms with van der Waals surface area (Å²) in [5, 5.41) is 11.3. The van der Waals surface area contributed by atoms with E-state index in [0.717, 1.165) is 41.8 Å². The molecule has 0 spiro atoms. The first-order valence-electron chi connectivity index (χ1n) is 8.40. The molecule has 0 saturated heterocycles. The number of anilines is 1. The molecule has 3 heterocycles. The van der Waals surface area contributed by atoms with Crippen molar-refractivity contribution < 1.29 is 9.18 Å². The van der Waals surface area contributed by atoms with Gasteiger partial charge in [-0.15, -0.1) is 21.5 Å². The average Bonchev–Trinajstić information content (AvgIpc) is 3.16. The van der Waals surface area contributed by atoms with E-state index in [9.17, 15) is 9.18 Å². The molecule has 1 aliphatic heterocycles. The molecule has 1 aliphatic rings.